The largest absolute Gasteiger partial charge is 0.298 e. The Morgan fingerprint density at radius 2 is 2.00 bits per heavy atom. The SMILES string of the molecule is CC(C)(C)N1CCC(C(=O)c2cccnc2)CC1. The van der Waals surface area contributed by atoms with Crippen LogP contribution >= 0.6 is 0 Å². The first-order valence-corrected chi connectivity index (χ1v) is 6.68. The van der Waals surface area contributed by atoms with Crippen LogP contribution in [0.15, 0.2) is 24.5 Å². The number of ketones is 1. The summed E-state index contributed by atoms with van der Waals surface area (Å²) in [5.74, 6) is 0.435. The summed E-state index contributed by atoms with van der Waals surface area (Å²) in [5.41, 5.74) is 0.967. The minimum Gasteiger partial charge on any atom is -0.298 e. The first kappa shape index (κ1) is 13.2. The molecule has 0 aliphatic carbocycles. The lowest BCUT2D eigenvalue weighted by Gasteiger charge is -2.40. The van der Waals surface area contributed by atoms with Crippen LogP contribution in [0, 0.1) is 5.92 Å². The predicted molar refractivity (Wildman–Crippen MR) is 72.6 cm³/mol. The van der Waals surface area contributed by atoms with Crippen LogP contribution in [0.2, 0.25) is 0 Å². The maximum atomic E-state index is 12.3. The number of nitrogens with zero attached hydrogens (tertiary/aromatic N) is 2. The minimum absolute atomic E-state index is 0.174. The lowest BCUT2D eigenvalue weighted by Crippen LogP contribution is -2.47. The molecule has 2 rings (SSSR count). The van der Waals surface area contributed by atoms with E-state index >= 15 is 0 Å². The second kappa shape index (κ2) is 5.19. The number of hydrogen-bond donors (Lipinski definition) is 0. The van der Waals surface area contributed by atoms with Gasteiger partial charge in [0.05, 0.1) is 0 Å². The number of carbonyl (C=O) groups is 1. The van der Waals surface area contributed by atoms with E-state index in [2.05, 4.69) is 30.7 Å². The van der Waals surface area contributed by atoms with Gasteiger partial charge in [0.1, 0.15) is 0 Å². The fraction of sp³-hybridized carbons (Fsp3) is 0.600. The van der Waals surface area contributed by atoms with Gasteiger partial charge in [-0.3, -0.25) is 14.7 Å². The Balaban J connectivity index is 1.96. The van der Waals surface area contributed by atoms with Gasteiger partial charge in [-0.15, -0.1) is 0 Å². The van der Waals surface area contributed by atoms with Crippen molar-refractivity contribution in [1.29, 1.82) is 0 Å². The number of piperidine rings is 1. The van der Waals surface area contributed by atoms with E-state index in [1.807, 2.05) is 12.1 Å². The molecule has 1 fully saturated rings. The number of pyridine rings is 1. The Bertz CT molecular complexity index is 400. The van der Waals surface area contributed by atoms with E-state index < -0.39 is 0 Å². The summed E-state index contributed by atoms with van der Waals surface area (Å²) in [4.78, 5) is 18.8. The summed E-state index contributed by atoms with van der Waals surface area (Å²) in [7, 11) is 0. The van der Waals surface area contributed by atoms with E-state index in [-0.39, 0.29) is 17.2 Å². The molecule has 0 atom stereocenters. The molecule has 0 saturated carbocycles. The lowest BCUT2D eigenvalue weighted by atomic mass is 9.87. The first-order valence-electron chi connectivity index (χ1n) is 6.68. The van der Waals surface area contributed by atoms with Gasteiger partial charge in [-0.25, -0.2) is 0 Å². The highest BCUT2D eigenvalue weighted by atomic mass is 16.1. The molecule has 18 heavy (non-hydrogen) atoms. The Morgan fingerprint density at radius 1 is 1.33 bits per heavy atom. The Kier molecular flexibility index (Phi) is 3.81. The molecule has 0 amide bonds. The van der Waals surface area contributed by atoms with Crippen molar-refractivity contribution in [3.63, 3.8) is 0 Å². The lowest BCUT2D eigenvalue weighted by molar-refractivity contribution is 0.0675. The molecule has 98 valence electrons. The summed E-state index contributed by atoms with van der Waals surface area (Å²) in [6, 6.07) is 3.70. The Hall–Kier alpha value is -1.22. The van der Waals surface area contributed by atoms with Gasteiger partial charge < -0.3 is 0 Å². The highest BCUT2D eigenvalue weighted by Crippen LogP contribution is 2.26. The van der Waals surface area contributed by atoms with Crippen molar-refractivity contribution in [2.24, 2.45) is 5.92 Å². The average Bonchev–Trinajstić information content (AvgIpc) is 2.38. The molecular weight excluding hydrogens is 224 g/mol. The minimum atomic E-state index is 0.174. The van der Waals surface area contributed by atoms with Crippen molar-refractivity contribution < 1.29 is 4.79 Å². The van der Waals surface area contributed by atoms with Gasteiger partial charge in [-0.1, -0.05) is 0 Å². The van der Waals surface area contributed by atoms with Crippen LogP contribution in [0.4, 0.5) is 0 Å². The molecule has 1 aromatic heterocycles. The van der Waals surface area contributed by atoms with Gasteiger partial charge in [0.15, 0.2) is 5.78 Å². The van der Waals surface area contributed by atoms with Crippen molar-refractivity contribution in [3.8, 4) is 0 Å². The molecule has 0 spiro atoms. The van der Waals surface area contributed by atoms with E-state index in [9.17, 15) is 4.79 Å². The number of likely N-dealkylation sites (tertiary alicyclic amines) is 1. The standard InChI is InChI=1S/C15H22N2O/c1-15(2,3)17-9-6-12(7-10-17)14(18)13-5-4-8-16-11-13/h4-5,8,11-12H,6-7,9-10H2,1-3H3. The highest BCUT2D eigenvalue weighted by Gasteiger charge is 2.30. The molecule has 1 aliphatic rings. The van der Waals surface area contributed by atoms with Crippen molar-refractivity contribution in [2.75, 3.05) is 13.1 Å². The second-order valence-corrected chi connectivity index (χ2v) is 6.04. The summed E-state index contributed by atoms with van der Waals surface area (Å²) in [6.07, 6.45) is 5.31. The van der Waals surface area contributed by atoms with Crippen LogP contribution < -0.4 is 0 Å². The smallest absolute Gasteiger partial charge is 0.167 e. The van der Waals surface area contributed by atoms with Crippen LogP contribution in [0.25, 0.3) is 0 Å². The quantitative estimate of drug-likeness (QED) is 0.752. The maximum absolute atomic E-state index is 12.3. The molecule has 0 N–H and O–H groups in total. The molecule has 3 heteroatoms. The van der Waals surface area contributed by atoms with Gasteiger partial charge in [-0.05, 0) is 58.8 Å². The third-order valence-electron chi connectivity index (χ3n) is 3.76. The van der Waals surface area contributed by atoms with Gasteiger partial charge in [0.2, 0.25) is 0 Å². The molecule has 0 radical (unpaired) electrons. The fourth-order valence-corrected chi connectivity index (χ4v) is 2.56. The molecule has 2 heterocycles. The number of rotatable bonds is 2. The van der Waals surface area contributed by atoms with E-state index in [1.54, 1.807) is 12.4 Å². The van der Waals surface area contributed by atoms with Crippen molar-refractivity contribution in [1.82, 2.24) is 9.88 Å². The van der Waals surface area contributed by atoms with Crippen molar-refractivity contribution in [3.05, 3.63) is 30.1 Å². The molecule has 1 aromatic rings. The van der Waals surface area contributed by atoms with Crippen LogP contribution in [0.3, 0.4) is 0 Å². The predicted octanol–water partition coefficient (Wildman–Crippen LogP) is 2.77. The fourth-order valence-electron chi connectivity index (χ4n) is 2.56. The number of carbonyl (C=O) groups excluding carboxylic acids is 1. The Morgan fingerprint density at radius 3 is 2.50 bits per heavy atom. The normalized spacial score (nSPS) is 18.8. The molecular formula is C15H22N2O. The zero-order chi connectivity index (χ0) is 13.2. The summed E-state index contributed by atoms with van der Waals surface area (Å²) in [5, 5.41) is 0. The van der Waals surface area contributed by atoms with Crippen molar-refractivity contribution >= 4 is 5.78 Å². The van der Waals surface area contributed by atoms with E-state index in [0.29, 0.717) is 0 Å². The topological polar surface area (TPSA) is 33.2 Å². The summed E-state index contributed by atoms with van der Waals surface area (Å²) in [6.45, 7) is 8.73. The van der Waals surface area contributed by atoms with E-state index in [4.69, 9.17) is 0 Å². The molecule has 3 nitrogen and oxygen atoms in total. The van der Waals surface area contributed by atoms with Gasteiger partial charge in [0, 0.05) is 29.4 Å². The molecule has 0 unspecified atom stereocenters. The summed E-state index contributed by atoms with van der Waals surface area (Å²) < 4.78 is 0. The van der Waals surface area contributed by atoms with Crippen molar-refractivity contribution in [2.45, 2.75) is 39.2 Å². The van der Waals surface area contributed by atoms with Gasteiger partial charge >= 0.3 is 0 Å². The van der Waals surface area contributed by atoms with Gasteiger partial charge in [-0.2, -0.15) is 0 Å². The highest BCUT2D eigenvalue weighted by molar-refractivity contribution is 5.97. The van der Waals surface area contributed by atoms with E-state index in [1.165, 1.54) is 0 Å². The first-order chi connectivity index (χ1) is 8.48. The number of aromatic nitrogens is 1. The molecule has 0 bridgehead atoms. The van der Waals surface area contributed by atoms with Crippen LogP contribution in [-0.2, 0) is 0 Å². The molecule has 1 saturated heterocycles. The van der Waals surface area contributed by atoms with E-state index in [0.717, 1.165) is 31.5 Å². The zero-order valence-electron chi connectivity index (χ0n) is 11.5. The number of Topliss-reactive ketones (excluding diaryl/α,β-unsaturated/α-hetero) is 1. The maximum Gasteiger partial charge on any atom is 0.167 e. The zero-order valence-corrected chi connectivity index (χ0v) is 11.5. The van der Waals surface area contributed by atoms with Crippen LogP contribution in [-0.4, -0.2) is 34.3 Å². The van der Waals surface area contributed by atoms with Gasteiger partial charge in [0.25, 0.3) is 0 Å². The summed E-state index contributed by atoms with van der Waals surface area (Å²) >= 11 is 0. The molecule has 1 aliphatic heterocycles. The third kappa shape index (κ3) is 2.96. The monoisotopic (exact) mass is 246 g/mol. The number of hydrogen-bond acceptors (Lipinski definition) is 3. The Labute approximate surface area is 109 Å². The third-order valence-corrected chi connectivity index (χ3v) is 3.76. The molecule has 0 aromatic carbocycles. The van der Waals surface area contributed by atoms with Crippen LogP contribution in [0.5, 0.6) is 0 Å². The van der Waals surface area contributed by atoms with Crippen LogP contribution in [0.1, 0.15) is 44.0 Å². The second-order valence-electron chi connectivity index (χ2n) is 6.04. The average molecular weight is 246 g/mol.